The molecular weight excluding hydrogens is 124 g/mol. The SMILES string of the molecule is C=CC[SiH](O)O[SiH3]. The molecule has 2 nitrogen and oxygen atoms in total. The zero-order chi connectivity index (χ0) is 5.70. The Morgan fingerprint density at radius 2 is 2.57 bits per heavy atom. The third kappa shape index (κ3) is 3.94. The van der Waals surface area contributed by atoms with Crippen molar-refractivity contribution >= 4 is 19.8 Å². The lowest BCUT2D eigenvalue weighted by Gasteiger charge is -1.99. The van der Waals surface area contributed by atoms with E-state index in [9.17, 15) is 0 Å². The second kappa shape index (κ2) is 4.26. The van der Waals surface area contributed by atoms with E-state index in [4.69, 9.17) is 8.91 Å². The lowest BCUT2D eigenvalue weighted by Crippen LogP contribution is -2.13. The highest BCUT2D eigenvalue weighted by Crippen LogP contribution is 1.85. The summed E-state index contributed by atoms with van der Waals surface area (Å²) in [5.41, 5.74) is 0. The Labute approximate surface area is 48.2 Å². The minimum absolute atomic E-state index is 0.651. The van der Waals surface area contributed by atoms with Crippen LogP contribution in [-0.4, -0.2) is 24.6 Å². The molecule has 0 bridgehead atoms. The molecule has 0 radical (unpaired) electrons. The molecule has 0 saturated heterocycles. The van der Waals surface area contributed by atoms with E-state index in [2.05, 4.69) is 6.58 Å². The molecule has 0 amide bonds. The van der Waals surface area contributed by atoms with Gasteiger partial charge in [-0.3, -0.25) is 0 Å². The van der Waals surface area contributed by atoms with Gasteiger partial charge < -0.3 is 8.91 Å². The van der Waals surface area contributed by atoms with Crippen molar-refractivity contribution < 1.29 is 8.91 Å². The minimum atomic E-state index is -1.74. The maximum absolute atomic E-state index is 8.74. The van der Waals surface area contributed by atoms with Crippen LogP contribution in [0.25, 0.3) is 0 Å². The lowest BCUT2D eigenvalue weighted by atomic mass is 10.8. The Kier molecular flexibility index (Phi) is 4.31. The van der Waals surface area contributed by atoms with Gasteiger partial charge in [0.2, 0.25) is 0 Å². The molecule has 0 aliphatic heterocycles. The van der Waals surface area contributed by atoms with Crippen molar-refractivity contribution in [3.05, 3.63) is 12.7 Å². The quantitative estimate of drug-likeness (QED) is 0.383. The number of rotatable bonds is 3. The van der Waals surface area contributed by atoms with Crippen LogP contribution in [0.1, 0.15) is 0 Å². The van der Waals surface area contributed by atoms with Gasteiger partial charge in [0.15, 0.2) is 0 Å². The van der Waals surface area contributed by atoms with Gasteiger partial charge in [0, 0.05) is 6.04 Å². The van der Waals surface area contributed by atoms with E-state index >= 15 is 0 Å². The van der Waals surface area contributed by atoms with Gasteiger partial charge in [-0.2, -0.15) is 0 Å². The molecule has 1 atom stereocenters. The zero-order valence-electron chi connectivity index (χ0n) is 4.42. The van der Waals surface area contributed by atoms with Gasteiger partial charge in [-0.05, 0) is 0 Å². The number of hydrogen-bond donors (Lipinski definition) is 1. The minimum Gasteiger partial charge on any atom is -0.447 e. The molecule has 0 spiro atoms. The summed E-state index contributed by atoms with van der Waals surface area (Å²) < 4.78 is 4.75. The predicted molar refractivity (Wildman–Crippen MR) is 35.4 cm³/mol. The van der Waals surface area contributed by atoms with Crippen LogP contribution in [0, 0.1) is 0 Å². The Balaban J connectivity index is 2.98. The third-order valence-corrected chi connectivity index (χ3v) is 3.55. The smallest absolute Gasteiger partial charge is 0.311 e. The predicted octanol–water partition coefficient (Wildman–Crippen LogP) is -1.32. The van der Waals surface area contributed by atoms with Gasteiger partial charge in [-0.1, -0.05) is 6.08 Å². The molecule has 0 aliphatic rings. The van der Waals surface area contributed by atoms with Crippen LogP contribution < -0.4 is 0 Å². The first-order valence-corrected chi connectivity index (χ1v) is 4.75. The third-order valence-electron chi connectivity index (χ3n) is 0.640. The van der Waals surface area contributed by atoms with Crippen LogP contribution in [0.5, 0.6) is 0 Å². The van der Waals surface area contributed by atoms with E-state index in [1.807, 2.05) is 0 Å². The molecule has 0 fully saturated rings. The van der Waals surface area contributed by atoms with Crippen molar-refractivity contribution in [3.8, 4) is 0 Å². The largest absolute Gasteiger partial charge is 0.447 e. The summed E-state index contributed by atoms with van der Waals surface area (Å²) in [5, 5.41) is 0. The summed E-state index contributed by atoms with van der Waals surface area (Å²) in [4.78, 5) is 8.74. The molecule has 4 heteroatoms. The first-order chi connectivity index (χ1) is 3.31. The van der Waals surface area contributed by atoms with E-state index in [0.717, 1.165) is 0 Å². The van der Waals surface area contributed by atoms with Gasteiger partial charge in [-0.25, -0.2) is 0 Å². The molecule has 0 aromatic rings. The molecule has 1 unspecified atom stereocenters. The van der Waals surface area contributed by atoms with Crippen molar-refractivity contribution in [1.82, 2.24) is 0 Å². The Bertz CT molecular complexity index is 56.9. The molecule has 0 heterocycles. The van der Waals surface area contributed by atoms with Crippen molar-refractivity contribution in [2.75, 3.05) is 0 Å². The molecule has 0 aliphatic carbocycles. The maximum atomic E-state index is 8.74. The summed E-state index contributed by atoms with van der Waals surface area (Å²) in [5.74, 6) is 0. The van der Waals surface area contributed by atoms with Gasteiger partial charge in [0.1, 0.15) is 10.5 Å². The Morgan fingerprint density at radius 3 is 2.71 bits per heavy atom. The van der Waals surface area contributed by atoms with Crippen molar-refractivity contribution in [1.29, 1.82) is 0 Å². The molecular formula is C3H10O2Si2. The van der Waals surface area contributed by atoms with Crippen molar-refractivity contribution in [2.24, 2.45) is 0 Å². The molecule has 1 N–H and O–H groups in total. The average molecular weight is 134 g/mol. The summed E-state index contributed by atoms with van der Waals surface area (Å²) in [6, 6.07) is 0.670. The second-order valence-electron chi connectivity index (χ2n) is 1.21. The standard InChI is InChI=1S/C3H10O2Si2/c1-2-3-7(4)5-6/h2,4,7H,1,3H2,6H3. The molecule has 0 aromatic heterocycles. The van der Waals surface area contributed by atoms with Crippen molar-refractivity contribution in [2.45, 2.75) is 6.04 Å². The van der Waals surface area contributed by atoms with E-state index in [-0.39, 0.29) is 0 Å². The summed E-state index contributed by atoms with van der Waals surface area (Å²) >= 11 is 0. The van der Waals surface area contributed by atoms with Crippen LogP contribution in [0.4, 0.5) is 0 Å². The van der Waals surface area contributed by atoms with E-state index in [1.165, 1.54) is 0 Å². The highest BCUT2D eigenvalue weighted by Gasteiger charge is 1.97. The van der Waals surface area contributed by atoms with Crippen LogP contribution in [0.2, 0.25) is 6.04 Å². The monoisotopic (exact) mass is 134 g/mol. The average Bonchev–Trinajstić information content (AvgIpc) is 1.68. The molecule has 7 heavy (non-hydrogen) atoms. The summed E-state index contributed by atoms with van der Waals surface area (Å²) in [6.45, 7) is 3.46. The van der Waals surface area contributed by atoms with Crippen molar-refractivity contribution in [3.63, 3.8) is 0 Å². The molecule has 0 aromatic carbocycles. The highest BCUT2D eigenvalue weighted by atomic mass is 28.3. The summed E-state index contributed by atoms with van der Waals surface area (Å²) in [7, 11) is -1.09. The topological polar surface area (TPSA) is 29.5 Å². The van der Waals surface area contributed by atoms with Crippen LogP contribution in [-0.2, 0) is 4.12 Å². The molecule has 42 valence electrons. The van der Waals surface area contributed by atoms with E-state index in [1.54, 1.807) is 6.08 Å². The second-order valence-corrected chi connectivity index (χ2v) is 4.48. The zero-order valence-corrected chi connectivity index (χ0v) is 7.58. The maximum Gasteiger partial charge on any atom is 0.311 e. The fourth-order valence-corrected chi connectivity index (χ4v) is 1.29. The van der Waals surface area contributed by atoms with Crippen LogP contribution >= 0.6 is 0 Å². The van der Waals surface area contributed by atoms with Gasteiger partial charge in [-0.15, -0.1) is 6.58 Å². The first-order valence-electron chi connectivity index (χ1n) is 2.13. The number of hydrogen-bond acceptors (Lipinski definition) is 2. The molecule has 0 rings (SSSR count). The lowest BCUT2D eigenvalue weighted by molar-refractivity contribution is 0.441. The number of allylic oxidation sites excluding steroid dienone is 1. The first kappa shape index (κ1) is 7.09. The van der Waals surface area contributed by atoms with Gasteiger partial charge in [0.25, 0.3) is 0 Å². The van der Waals surface area contributed by atoms with Crippen LogP contribution in [0.3, 0.4) is 0 Å². The Hall–Kier alpha value is 0.0938. The fourth-order valence-electron chi connectivity index (χ4n) is 0.239. The van der Waals surface area contributed by atoms with E-state index < -0.39 is 9.28 Å². The van der Waals surface area contributed by atoms with Crippen LogP contribution in [0.15, 0.2) is 12.7 Å². The normalized spacial score (nSPS) is 13.9. The van der Waals surface area contributed by atoms with Gasteiger partial charge >= 0.3 is 9.28 Å². The van der Waals surface area contributed by atoms with Gasteiger partial charge in [0.05, 0.1) is 0 Å². The molecule has 0 saturated carbocycles. The highest BCUT2D eigenvalue weighted by molar-refractivity contribution is 6.47. The van der Waals surface area contributed by atoms with E-state index in [0.29, 0.717) is 16.5 Å². The fraction of sp³-hybridized carbons (Fsp3) is 0.333. The Morgan fingerprint density at radius 1 is 2.00 bits per heavy atom. The summed E-state index contributed by atoms with van der Waals surface area (Å²) in [6.07, 6.45) is 1.69.